The highest BCUT2D eigenvalue weighted by molar-refractivity contribution is 5.20. The van der Waals surface area contributed by atoms with Crippen LogP contribution in [0.4, 0.5) is 5.69 Å². The zero-order valence-electron chi connectivity index (χ0n) is 10.2. The zero-order valence-corrected chi connectivity index (χ0v) is 10.2. The molecule has 100 valence electrons. The maximum Gasteiger partial charge on any atom is 0.307 e. The largest absolute Gasteiger partial charge is 0.307 e. The molecule has 0 N–H and O–H groups in total. The molecule has 2 aromatic heterocycles. The van der Waals surface area contributed by atoms with Crippen molar-refractivity contribution in [3.8, 4) is 0 Å². The van der Waals surface area contributed by atoms with Crippen molar-refractivity contribution in [2.75, 3.05) is 0 Å². The van der Waals surface area contributed by atoms with E-state index in [1.54, 1.807) is 0 Å². The minimum Gasteiger partial charge on any atom is -0.258 e. The monoisotopic (exact) mass is 263 g/mol. The van der Waals surface area contributed by atoms with Crippen molar-refractivity contribution in [3.63, 3.8) is 0 Å². The third-order valence-corrected chi connectivity index (χ3v) is 3.37. The second-order valence-corrected chi connectivity index (χ2v) is 4.63. The van der Waals surface area contributed by atoms with Crippen molar-refractivity contribution < 1.29 is 4.92 Å². The smallest absolute Gasteiger partial charge is 0.258 e. The van der Waals surface area contributed by atoms with Crippen LogP contribution in [0, 0.1) is 10.1 Å². The summed E-state index contributed by atoms with van der Waals surface area (Å²) in [6.07, 6.45) is 7.15. The molecule has 1 aliphatic rings. The molecule has 0 aliphatic heterocycles. The second-order valence-electron chi connectivity index (χ2n) is 4.63. The topological polar surface area (TPSA) is 105 Å². The molecule has 2 heterocycles. The lowest BCUT2D eigenvalue weighted by Crippen LogP contribution is -2.14. The van der Waals surface area contributed by atoms with Crippen LogP contribution in [0.3, 0.4) is 0 Å². The molecule has 1 saturated carbocycles. The molecule has 0 bridgehead atoms. The first kappa shape index (κ1) is 11.8. The average Bonchev–Trinajstić information content (AvgIpc) is 3.09. The van der Waals surface area contributed by atoms with E-state index in [0.29, 0.717) is 18.4 Å². The Hall–Kier alpha value is -2.32. The summed E-state index contributed by atoms with van der Waals surface area (Å²) in [6, 6.07) is 0.343. The van der Waals surface area contributed by atoms with Crippen molar-refractivity contribution in [3.05, 3.63) is 28.3 Å². The summed E-state index contributed by atoms with van der Waals surface area (Å²) in [4.78, 5) is 10.1. The van der Waals surface area contributed by atoms with Gasteiger partial charge in [0.15, 0.2) is 5.82 Å². The van der Waals surface area contributed by atoms with E-state index in [-0.39, 0.29) is 5.69 Å². The fraction of sp³-hybridized carbons (Fsp3) is 0.600. The molecule has 0 atom stereocenters. The van der Waals surface area contributed by atoms with E-state index in [1.165, 1.54) is 29.9 Å². The molecule has 0 amide bonds. The van der Waals surface area contributed by atoms with Gasteiger partial charge in [-0.3, -0.25) is 14.8 Å². The number of rotatable bonds is 4. The van der Waals surface area contributed by atoms with Crippen molar-refractivity contribution in [2.24, 2.45) is 0 Å². The fourth-order valence-electron chi connectivity index (χ4n) is 2.43. The van der Waals surface area contributed by atoms with E-state index < -0.39 is 4.92 Å². The second kappa shape index (κ2) is 4.75. The number of hydrogen-bond donors (Lipinski definition) is 0. The molecule has 0 radical (unpaired) electrons. The predicted molar refractivity (Wildman–Crippen MR) is 63.3 cm³/mol. The summed E-state index contributed by atoms with van der Waals surface area (Å²) in [5, 5.41) is 26.2. The highest BCUT2D eigenvalue weighted by Crippen LogP contribution is 2.29. The third-order valence-electron chi connectivity index (χ3n) is 3.37. The summed E-state index contributed by atoms with van der Waals surface area (Å²) in [5.41, 5.74) is -0.0279. The van der Waals surface area contributed by atoms with Gasteiger partial charge in [-0.1, -0.05) is 12.8 Å². The van der Waals surface area contributed by atoms with Gasteiger partial charge >= 0.3 is 5.69 Å². The van der Waals surface area contributed by atoms with Crippen LogP contribution in [0.1, 0.15) is 37.5 Å². The quantitative estimate of drug-likeness (QED) is 0.600. The van der Waals surface area contributed by atoms with E-state index in [9.17, 15) is 10.1 Å². The van der Waals surface area contributed by atoms with E-state index >= 15 is 0 Å². The first-order chi connectivity index (χ1) is 9.24. The number of hydrogen-bond acceptors (Lipinski definition) is 6. The van der Waals surface area contributed by atoms with Crippen LogP contribution in [-0.4, -0.2) is 34.9 Å². The fourth-order valence-corrected chi connectivity index (χ4v) is 2.43. The van der Waals surface area contributed by atoms with Gasteiger partial charge in [-0.2, -0.15) is 5.10 Å². The summed E-state index contributed by atoms with van der Waals surface area (Å²) in [5.74, 6) is 0.685. The van der Waals surface area contributed by atoms with Crippen molar-refractivity contribution in [2.45, 2.75) is 38.3 Å². The normalized spacial score (nSPS) is 16.0. The highest BCUT2D eigenvalue weighted by atomic mass is 16.6. The molecule has 2 aromatic rings. The minimum absolute atomic E-state index is 0.0279. The molecule has 9 nitrogen and oxygen atoms in total. The van der Waals surface area contributed by atoms with Crippen molar-refractivity contribution in [1.82, 2.24) is 30.0 Å². The Balaban J connectivity index is 1.79. The van der Waals surface area contributed by atoms with Crippen LogP contribution < -0.4 is 0 Å². The first-order valence-corrected chi connectivity index (χ1v) is 6.17. The van der Waals surface area contributed by atoms with Gasteiger partial charge in [-0.25, -0.2) is 4.68 Å². The Labute approximate surface area is 108 Å². The van der Waals surface area contributed by atoms with E-state index in [4.69, 9.17) is 0 Å². The molecule has 0 unspecified atom stereocenters. The van der Waals surface area contributed by atoms with E-state index in [1.807, 2.05) is 4.68 Å². The van der Waals surface area contributed by atoms with Gasteiger partial charge in [0.1, 0.15) is 18.9 Å². The van der Waals surface area contributed by atoms with Gasteiger partial charge in [0, 0.05) is 0 Å². The predicted octanol–water partition coefficient (Wildman–Crippen LogP) is 0.941. The van der Waals surface area contributed by atoms with E-state index in [0.717, 1.165) is 12.8 Å². The van der Waals surface area contributed by atoms with Crippen LogP contribution in [0.2, 0.25) is 0 Å². The van der Waals surface area contributed by atoms with Crippen LogP contribution >= 0.6 is 0 Å². The molecule has 9 heteroatoms. The van der Waals surface area contributed by atoms with Gasteiger partial charge in [0.25, 0.3) is 0 Å². The lowest BCUT2D eigenvalue weighted by Gasteiger charge is -2.10. The summed E-state index contributed by atoms with van der Waals surface area (Å²) in [7, 11) is 0. The molecular formula is C10H13N7O2. The Morgan fingerprint density at radius 1 is 1.42 bits per heavy atom. The Bertz CT molecular complexity index is 584. The van der Waals surface area contributed by atoms with Crippen LogP contribution in [0.15, 0.2) is 12.4 Å². The summed E-state index contributed by atoms with van der Waals surface area (Å²) >= 11 is 0. The molecule has 1 aliphatic carbocycles. The maximum atomic E-state index is 10.6. The maximum absolute atomic E-state index is 10.6. The number of tetrazole rings is 1. The van der Waals surface area contributed by atoms with Crippen LogP contribution in [0.5, 0.6) is 0 Å². The zero-order chi connectivity index (χ0) is 13.2. The lowest BCUT2D eigenvalue weighted by molar-refractivity contribution is -0.385. The number of aromatic nitrogens is 6. The molecular weight excluding hydrogens is 250 g/mol. The first-order valence-electron chi connectivity index (χ1n) is 6.17. The third kappa shape index (κ3) is 2.30. The van der Waals surface area contributed by atoms with Gasteiger partial charge in [-0.05, 0) is 23.3 Å². The molecule has 0 saturated heterocycles. The minimum atomic E-state index is -0.469. The number of nitro groups is 1. The Kier molecular flexibility index (Phi) is 2.94. The molecule has 1 fully saturated rings. The SMILES string of the molecule is O=[N+]([O-])c1cnn(Cc2nnnn2C2CCCC2)c1. The molecule has 0 aromatic carbocycles. The van der Waals surface area contributed by atoms with Crippen LogP contribution in [0.25, 0.3) is 0 Å². The van der Waals surface area contributed by atoms with Gasteiger partial charge in [0.2, 0.25) is 0 Å². The standard InChI is InChI=1S/C10H13N7O2/c18-17(19)9-5-11-15(6-9)7-10-12-13-14-16(10)8-3-1-2-4-8/h5-6,8H,1-4,7H2. The Morgan fingerprint density at radius 2 is 2.21 bits per heavy atom. The molecule has 19 heavy (non-hydrogen) atoms. The highest BCUT2D eigenvalue weighted by Gasteiger charge is 2.22. The van der Waals surface area contributed by atoms with Gasteiger partial charge in [0.05, 0.1) is 11.0 Å². The van der Waals surface area contributed by atoms with Crippen molar-refractivity contribution in [1.29, 1.82) is 0 Å². The van der Waals surface area contributed by atoms with Gasteiger partial charge < -0.3 is 0 Å². The van der Waals surface area contributed by atoms with E-state index in [2.05, 4.69) is 20.6 Å². The summed E-state index contributed by atoms with van der Waals surface area (Å²) < 4.78 is 3.30. The average molecular weight is 263 g/mol. The lowest BCUT2D eigenvalue weighted by atomic mass is 10.2. The van der Waals surface area contributed by atoms with Crippen LogP contribution in [-0.2, 0) is 6.54 Å². The Morgan fingerprint density at radius 3 is 2.89 bits per heavy atom. The number of nitrogens with zero attached hydrogens (tertiary/aromatic N) is 7. The molecule has 3 rings (SSSR count). The van der Waals surface area contributed by atoms with Gasteiger partial charge in [-0.15, -0.1) is 5.10 Å². The summed E-state index contributed by atoms with van der Waals surface area (Å²) in [6.45, 7) is 0.345. The van der Waals surface area contributed by atoms with Crippen molar-refractivity contribution >= 4 is 5.69 Å². The molecule has 0 spiro atoms.